The average Bonchev–Trinajstić information content (AvgIpc) is 4.18. The molecule has 2 spiro atoms. The van der Waals surface area contributed by atoms with Crippen LogP contribution in [0.25, 0.3) is 11.3 Å². The molecule has 2 amide bonds. The van der Waals surface area contributed by atoms with Crippen molar-refractivity contribution in [3.8, 4) is 11.5 Å². The summed E-state index contributed by atoms with van der Waals surface area (Å²) in [6.07, 6.45) is 17.2. The molecule has 2 unspecified atom stereocenters. The van der Waals surface area contributed by atoms with Gasteiger partial charge in [0, 0.05) is 112 Å². The molecular weight excluding hydrogens is 817 g/mol. The van der Waals surface area contributed by atoms with Crippen molar-refractivity contribution in [1.29, 1.82) is 0 Å². The molecule has 6 N–H and O–H groups in total. The zero-order valence-electron chi connectivity index (χ0n) is 35.6. The smallest absolute Gasteiger partial charge is 0.261 e. The zero-order valence-corrected chi connectivity index (χ0v) is 35.6. The summed E-state index contributed by atoms with van der Waals surface area (Å²) in [5.74, 6) is 1.34. The van der Waals surface area contributed by atoms with Gasteiger partial charge in [0.2, 0.25) is 0 Å². The third-order valence-electron chi connectivity index (χ3n) is 13.5. The Balaban J connectivity index is 0.000000143. The summed E-state index contributed by atoms with van der Waals surface area (Å²) in [7, 11) is 0. The fourth-order valence-corrected chi connectivity index (χ4v) is 10.4. The highest BCUT2D eigenvalue weighted by molar-refractivity contribution is 6.10. The maximum absolute atomic E-state index is 13.2. The van der Waals surface area contributed by atoms with E-state index in [9.17, 15) is 9.59 Å². The molecule has 8 heterocycles. The average molecular weight is 869 g/mol. The minimum atomic E-state index is -0.232. The van der Waals surface area contributed by atoms with E-state index in [-0.39, 0.29) is 35.1 Å². The fraction of sp³-hybridized carbons (Fsp3) is 0.435. The summed E-state index contributed by atoms with van der Waals surface area (Å²) in [4.78, 5) is 39.5. The summed E-state index contributed by atoms with van der Waals surface area (Å²) < 4.78 is 27.2. The lowest BCUT2D eigenvalue weighted by Gasteiger charge is -2.31. The number of morpholine rings is 2. The van der Waals surface area contributed by atoms with Crippen LogP contribution in [-0.2, 0) is 22.3 Å². The molecule has 2 saturated heterocycles. The third-order valence-corrected chi connectivity index (χ3v) is 13.5. The number of rotatable bonds is 6. The molecule has 64 heavy (non-hydrogen) atoms. The van der Waals surface area contributed by atoms with Gasteiger partial charge in [0.25, 0.3) is 11.8 Å². The second-order valence-electron chi connectivity index (χ2n) is 17.9. The van der Waals surface area contributed by atoms with Crippen LogP contribution in [0.5, 0.6) is 11.5 Å². The molecule has 332 valence electrons. The number of carbonyl (C=O) groups excluding carboxylic acids is 2. The normalized spacial score (nSPS) is 24.7. The predicted molar refractivity (Wildman–Crippen MR) is 239 cm³/mol. The first-order valence-electron chi connectivity index (χ1n) is 22.3. The molecule has 2 aliphatic carbocycles. The molecule has 6 aromatic rings. The summed E-state index contributed by atoms with van der Waals surface area (Å²) >= 11 is 0. The summed E-state index contributed by atoms with van der Waals surface area (Å²) in [6, 6.07) is 12.2. The SMILES string of the molecule is NC1CC[C@@]2(Cc3cc(NC(=O)c4cnn5cccnc45)c(N4CCOCC4)cc3O2)C1.NC1CC[C@]2(Cc3cc(NC(=O)c4cnn5cccnc45)c(N4CCOCC4)cc3O2)C1. The Kier molecular flexibility index (Phi) is 10.3. The van der Waals surface area contributed by atoms with Gasteiger partial charge in [0.1, 0.15) is 33.8 Å². The highest BCUT2D eigenvalue weighted by atomic mass is 16.5. The number of fused-ring (bicyclic) bond motifs is 4. The molecular formula is C46H52N12O6. The van der Waals surface area contributed by atoms with E-state index < -0.39 is 0 Å². The first-order chi connectivity index (χ1) is 31.2. The van der Waals surface area contributed by atoms with Gasteiger partial charge in [0.05, 0.1) is 61.6 Å². The van der Waals surface area contributed by atoms with E-state index in [1.165, 1.54) is 0 Å². The van der Waals surface area contributed by atoms with E-state index in [2.05, 4.69) is 64.9 Å². The van der Waals surface area contributed by atoms with Gasteiger partial charge in [-0.25, -0.2) is 19.0 Å². The van der Waals surface area contributed by atoms with Crippen LogP contribution < -0.4 is 41.4 Å². The van der Waals surface area contributed by atoms with Crippen molar-refractivity contribution >= 4 is 45.9 Å². The summed E-state index contributed by atoms with van der Waals surface area (Å²) in [5, 5.41) is 14.7. The number of amides is 2. The van der Waals surface area contributed by atoms with Gasteiger partial charge < -0.3 is 50.8 Å². The molecule has 4 atom stereocenters. The number of nitrogens with two attached hydrogens (primary N) is 2. The van der Waals surface area contributed by atoms with E-state index in [0.717, 1.165) is 123 Å². The van der Waals surface area contributed by atoms with Crippen molar-refractivity contribution in [2.24, 2.45) is 11.5 Å². The van der Waals surface area contributed by atoms with Crippen molar-refractivity contribution < 1.29 is 28.5 Å². The Morgan fingerprint density at radius 1 is 0.641 bits per heavy atom. The number of hydrogen-bond acceptors (Lipinski definition) is 14. The van der Waals surface area contributed by atoms with Crippen LogP contribution in [0.3, 0.4) is 0 Å². The van der Waals surface area contributed by atoms with Crippen LogP contribution in [0, 0.1) is 0 Å². The first-order valence-corrected chi connectivity index (χ1v) is 22.3. The highest BCUT2D eigenvalue weighted by Crippen LogP contribution is 2.49. The molecule has 0 bridgehead atoms. The number of aromatic nitrogens is 6. The lowest BCUT2D eigenvalue weighted by Crippen LogP contribution is -2.36. The van der Waals surface area contributed by atoms with Crippen LogP contribution >= 0.6 is 0 Å². The Hall–Kier alpha value is -6.34. The van der Waals surface area contributed by atoms with Crippen molar-refractivity contribution in [2.75, 3.05) is 73.0 Å². The molecule has 6 aliphatic rings. The molecule has 4 aromatic heterocycles. The van der Waals surface area contributed by atoms with E-state index in [1.807, 2.05) is 0 Å². The number of benzene rings is 2. The van der Waals surface area contributed by atoms with E-state index in [4.69, 9.17) is 30.4 Å². The molecule has 12 rings (SSSR count). The standard InChI is InChI=1S/2C23H26N6O3/c2*24-16-2-3-23(13-16)12-15-10-18(19(11-20(15)32-23)28-6-8-31-9-7-28)27-22(30)17-14-26-29-5-1-4-25-21(17)29/h2*1,4-5,10-11,14,16H,2-3,6-9,12-13,24H2,(H,27,30)/t2*16?,23-/m10/s1. The Bertz CT molecular complexity index is 2560. The van der Waals surface area contributed by atoms with Crippen molar-refractivity contribution in [1.82, 2.24) is 29.2 Å². The first kappa shape index (κ1) is 40.4. The Morgan fingerprint density at radius 3 is 1.48 bits per heavy atom. The van der Waals surface area contributed by atoms with Crippen LogP contribution in [0.2, 0.25) is 0 Å². The van der Waals surface area contributed by atoms with E-state index in [0.29, 0.717) is 48.8 Å². The van der Waals surface area contributed by atoms with E-state index in [1.54, 1.807) is 58.3 Å². The minimum Gasteiger partial charge on any atom is -0.487 e. The Morgan fingerprint density at radius 2 is 1.08 bits per heavy atom. The monoisotopic (exact) mass is 868 g/mol. The number of hydrogen-bond donors (Lipinski definition) is 4. The van der Waals surface area contributed by atoms with Gasteiger partial charge in [0.15, 0.2) is 11.3 Å². The maximum atomic E-state index is 13.2. The lowest BCUT2D eigenvalue weighted by molar-refractivity contribution is 0.101. The largest absolute Gasteiger partial charge is 0.487 e. The lowest BCUT2D eigenvalue weighted by atomic mass is 9.95. The van der Waals surface area contributed by atoms with Crippen molar-refractivity contribution in [3.05, 3.63) is 95.8 Å². The second kappa shape index (κ2) is 16.3. The van der Waals surface area contributed by atoms with Crippen molar-refractivity contribution in [2.45, 2.75) is 74.7 Å². The molecule has 18 heteroatoms. The van der Waals surface area contributed by atoms with Gasteiger partial charge >= 0.3 is 0 Å². The molecule has 4 aliphatic heterocycles. The van der Waals surface area contributed by atoms with Gasteiger partial charge in [-0.15, -0.1) is 0 Å². The third kappa shape index (κ3) is 7.63. The molecule has 2 aromatic carbocycles. The van der Waals surface area contributed by atoms with Gasteiger partial charge in [-0.3, -0.25) is 9.59 Å². The second-order valence-corrected chi connectivity index (χ2v) is 17.9. The predicted octanol–water partition coefficient (Wildman–Crippen LogP) is 4.01. The maximum Gasteiger partial charge on any atom is 0.261 e. The Labute approximate surface area is 369 Å². The van der Waals surface area contributed by atoms with E-state index >= 15 is 0 Å². The molecule has 0 radical (unpaired) electrons. The molecule has 18 nitrogen and oxygen atoms in total. The van der Waals surface area contributed by atoms with Crippen LogP contribution in [-0.4, -0.2) is 117 Å². The highest BCUT2D eigenvalue weighted by Gasteiger charge is 2.46. The van der Waals surface area contributed by atoms with Gasteiger partial charge in [-0.1, -0.05) is 0 Å². The van der Waals surface area contributed by atoms with Crippen LogP contribution in [0.15, 0.2) is 73.6 Å². The zero-order chi connectivity index (χ0) is 43.4. The topological polar surface area (TPSA) is 214 Å². The number of carbonyl (C=O) groups is 2. The fourth-order valence-electron chi connectivity index (χ4n) is 10.4. The minimum absolute atomic E-state index is 0.185. The quantitative estimate of drug-likeness (QED) is 0.186. The van der Waals surface area contributed by atoms with Gasteiger partial charge in [-0.05, 0) is 49.9 Å². The number of nitrogens with zero attached hydrogens (tertiary/aromatic N) is 8. The number of ether oxygens (including phenoxy) is 4. The number of nitrogens with one attached hydrogen (secondary N) is 2. The molecule has 2 saturated carbocycles. The summed E-state index contributed by atoms with van der Waals surface area (Å²) in [6.45, 7) is 5.66. The molecule has 4 fully saturated rings. The van der Waals surface area contributed by atoms with Gasteiger partial charge in [-0.2, -0.15) is 10.2 Å². The van der Waals surface area contributed by atoms with Crippen LogP contribution in [0.1, 0.15) is 70.4 Å². The van der Waals surface area contributed by atoms with Crippen molar-refractivity contribution in [3.63, 3.8) is 0 Å². The summed E-state index contributed by atoms with van der Waals surface area (Å²) in [5.41, 5.74) is 19.6. The number of anilines is 4. The van der Waals surface area contributed by atoms with Crippen LogP contribution in [0.4, 0.5) is 22.7 Å².